The maximum atomic E-state index is 9.67. The van der Waals surface area contributed by atoms with E-state index in [-0.39, 0.29) is 5.60 Å². The molecule has 1 saturated carbocycles. The van der Waals surface area contributed by atoms with E-state index in [0.29, 0.717) is 0 Å². The van der Waals surface area contributed by atoms with Gasteiger partial charge in [0.2, 0.25) is 0 Å². The maximum absolute atomic E-state index is 9.67. The molecule has 0 heterocycles. The highest BCUT2D eigenvalue weighted by Gasteiger charge is 2.33. The van der Waals surface area contributed by atoms with Crippen molar-refractivity contribution in [2.75, 3.05) is 13.7 Å². The minimum atomic E-state index is -0.284. The van der Waals surface area contributed by atoms with E-state index in [2.05, 4.69) is 0 Å². The predicted molar refractivity (Wildman–Crippen MR) is 44.5 cm³/mol. The zero-order valence-electron chi connectivity index (χ0n) is 7.31. The van der Waals surface area contributed by atoms with E-state index in [1.165, 1.54) is 6.42 Å². The van der Waals surface area contributed by atoms with Gasteiger partial charge in [0.1, 0.15) is 0 Å². The standard InChI is InChI=1S/C9H18O2/c1-11-8-3-2-5-9(10)6-4-7-9/h10H,2-8H2,1H3. The van der Waals surface area contributed by atoms with Crippen molar-refractivity contribution in [3.05, 3.63) is 0 Å². The lowest BCUT2D eigenvalue weighted by molar-refractivity contribution is -0.0427. The summed E-state index contributed by atoms with van der Waals surface area (Å²) >= 11 is 0. The van der Waals surface area contributed by atoms with Crippen molar-refractivity contribution >= 4 is 0 Å². The summed E-state index contributed by atoms with van der Waals surface area (Å²) in [5.41, 5.74) is -0.284. The summed E-state index contributed by atoms with van der Waals surface area (Å²) in [4.78, 5) is 0. The first-order valence-electron chi connectivity index (χ1n) is 4.48. The van der Waals surface area contributed by atoms with Gasteiger partial charge in [-0.3, -0.25) is 0 Å². The fourth-order valence-corrected chi connectivity index (χ4v) is 1.54. The lowest BCUT2D eigenvalue weighted by Crippen LogP contribution is -2.36. The number of hydrogen-bond donors (Lipinski definition) is 1. The molecule has 11 heavy (non-hydrogen) atoms. The monoisotopic (exact) mass is 158 g/mol. The van der Waals surface area contributed by atoms with Crippen molar-refractivity contribution in [3.8, 4) is 0 Å². The van der Waals surface area contributed by atoms with Crippen LogP contribution in [-0.2, 0) is 4.74 Å². The minimum Gasteiger partial charge on any atom is -0.390 e. The van der Waals surface area contributed by atoms with Crippen molar-refractivity contribution in [1.82, 2.24) is 0 Å². The second kappa shape index (κ2) is 4.07. The minimum absolute atomic E-state index is 0.284. The molecule has 0 aliphatic heterocycles. The highest BCUT2D eigenvalue weighted by atomic mass is 16.5. The summed E-state index contributed by atoms with van der Waals surface area (Å²) in [5.74, 6) is 0. The molecule has 1 aliphatic carbocycles. The number of aliphatic hydroxyl groups is 1. The molecule has 0 aromatic rings. The van der Waals surface area contributed by atoms with Gasteiger partial charge in [-0.15, -0.1) is 0 Å². The first-order chi connectivity index (χ1) is 5.27. The van der Waals surface area contributed by atoms with E-state index in [1.54, 1.807) is 7.11 Å². The predicted octanol–water partition coefficient (Wildman–Crippen LogP) is 1.72. The zero-order chi connectivity index (χ0) is 8.16. The highest BCUT2D eigenvalue weighted by Crippen LogP contribution is 2.35. The second-order valence-electron chi connectivity index (χ2n) is 3.53. The van der Waals surface area contributed by atoms with Crippen LogP contribution in [0.2, 0.25) is 0 Å². The number of rotatable bonds is 5. The molecule has 1 rings (SSSR count). The molecule has 0 radical (unpaired) electrons. The SMILES string of the molecule is COCCCCC1(O)CCC1. The lowest BCUT2D eigenvalue weighted by Gasteiger charge is -2.36. The average Bonchev–Trinajstić information content (AvgIpc) is 1.95. The molecule has 0 bridgehead atoms. The van der Waals surface area contributed by atoms with Crippen molar-refractivity contribution in [2.24, 2.45) is 0 Å². The maximum Gasteiger partial charge on any atom is 0.0647 e. The molecule has 0 unspecified atom stereocenters. The third-order valence-corrected chi connectivity index (χ3v) is 2.52. The third kappa shape index (κ3) is 2.80. The average molecular weight is 158 g/mol. The topological polar surface area (TPSA) is 29.5 Å². The van der Waals surface area contributed by atoms with Crippen LogP contribution >= 0.6 is 0 Å². The third-order valence-electron chi connectivity index (χ3n) is 2.52. The zero-order valence-corrected chi connectivity index (χ0v) is 7.31. The molecule has 66 valence electrons. The Hall–Kier alpha value is -0.0800. The molecule has 0 aromatic carbocycles. The fourth-order valence-electron chi connectivity index (χ4n) is 1.54. The van der Waals surface area contributed by atoms with Gasteiger partial charge >= 0.3 is 0 Å². The largest absolute Gasteiger partial charge is 0.390 e. The van der Waals surface area contributed by atoms with E-state index < -0.39 is 0 Å². The number of ether oxygens (including phenoxy) is 1. The molecule has 2 nitrogen and oxygen atoms in total. The summed E-state index contributed by atoms with van der Waals surface area (Å²) in [6.07, 6.45) is 6.39. The highest BCUT2D eigenvalue weighted by molar-refractivity contribution is 4.86. The quantitative estimate of drug-likeness (QED) is 0.617. The molecule has 0 saturated heterocycles. The van der Waals surface area contributed by atoms with Gasteiger partial charge < -0.3 is 9.84 Å². The molecule has 0 amide bonds. The Labute approximate surface area is 68.6 Å². The van der Waals surface area contributed by atoms with Crippen molar-refractivity contribution < 1.29 is 9.84 Å². The van der Waals surface area contributed by atoms with Gasteiger partial charge in [0.15, 0.2) is 0 Å². The summed E-state index contributed by atoms with van der Waals surface area (Å²) < 4.78 is 4.93. The Morgan fingerprint density at radius 3 is 2.55 bits per heavy atom. The Kier molecular flexibility index (Phi) is 3.34. The molecule has 2 heteroatoms. The van der Waals surface area contributed by atoms with Crippen molar-refractivity contribution in [2.45, 2.75) is 44.1 Å². The van der Waals surface area contributed by atoms with E-state index in [1.807, 2.05) is 0 Å². The van der Waals surface area contributed by atoms with Crippen LogP contribution in [0.1, 0.15) is 38.5 Å². The van der Waals surface area contributed by atoms with Crippen LogP contribution in [0.15, 0.2) is 0 Å². The summed E-state index contributed by atoms with van der Waals surface area (Å²) in [7, 11) is 1.72. The van der Waals surface area contributed by atoms with Crippen LogP contribution < -0.4 is 0 Å². The van der Waals surface area contributed by atoms with Crippen LogP contribution in [0.25, 0.3) is 0 Å². The molecular weight excluding hydrogens is 140 g/mol. The van der Waals surface area contributed by atoms with E-state index in [0.717, 1.165) is 38.7 Å². The van der Waals surface area contributed by atoms with Crippen LogP contribution in [-0.4, -0.2) is 24.4 Å². The fraction of sp³-hybridized carbons (Fsp3) is 1.00. The van der Waals surface area contributed by atoms with Gasteiger partial charge in [0.25, 0.3) is 0 Å². The summed E-state index contributed by atoms with van der Waals surface area (Å²) in [5, 5.41) is 9.67. The van der Waals surface area contributed by atoms with Gasteiger partial charge in [0, 0.05) is 13.7 Å². The van der Waals surface area contributed by atoms with E-state index >= 15 is 0 Å². The van der Waals surface area contributed by atoms with Gasteiger partial charge in [-0.2, -0.15) is 0 Å². The van der Waals surface area contributed by atoms with Crippen LogP contribution in [0.3, 0.4) is 0 Å². The number of hydrogen-bond acceptors (Lipinski definition) is 2. The van der Waals surface area contributed by atoms with Gasteiger partial charge in [-0.1, -0.05) is 0 Å². The Morgan fingerprint density at radius 2 is 2.09 bits per heavy atom. The molecule has 0 atom stereocenters. The van der Waals surface area contributed by atoms with E-state index in [9.17, 15) is 5.11 Å². The van der Waals surface area contributed by atoms with Crippen LogP contribution in [0.5, 0.6) is 0 Å². The normalized spacial score (nSPS) is 21.3. The molecule has 1 fully saturated rings. The van der Waals surface area contributed by atoms with Gasteiger partial charge in [-0.25, -0.2) is 0 Å². The Morgan fingerprint density at radius 1 is 1.36 bits per heavy atom. The second-order valence-corrected chi connectivity index (χ2v) is 3.53. The van der Waals surface area contributed by atoms with Crippen molar-refractivity contribution in [3.63, 3.8) is 0 Å². The van der Waals surface area contributed by atoms with Crippen molar-refractivity contribution in [1.29, 1.82) is 0 Å². The lowest BCUT2D eigenvalue weighted by atomic mass is 9.77. The first-order valence-corrected chi connectivity index (χ1v) is 4.48. The molecule has 0 spiro atoms. The number of unbranched alkanes of at least 4 members (excludes halogenated alkanes) is 1. The molecule has 1 N–H and O–H groups in total. The first kappa shape index (κ1) is 9.01. The van der Waals surface area contributed by atoms with Crippen LogP contribution in [0.4, 0.5) is 0 Å². The Bertz CT molecular complexity index is 108. The van der Waals surface area contributed by atoms with Gasteiger partial charge in [-0.05, 0) is 38.5 Å². The van der Waals surface area contributed by atoms with Crippen LogP contribution in [0, 0.1) is 0 Å². The Balaban J connectivity index is 1.94. The molecule has 0 aromatic heterocycles. The van der Waals surface area contributed by atoms with E-state index in [4.69, 9.17) is 4.74 Å². The van der Waals surface area contributed by atoms with Gasteiger partial charge in [0.05, 0.1) is 5.60 Å². The number of methoxy groups -OCH3 is 1. The summed E-state index contributed by atoms with van der Waals surface area (Å²) in [6, 6.07) is 0. The molecular formula is C9H18O2. The smallest absolute Gasteiger partial charge is 0.0647 e. The molecule has 1 aliphatic rings. The summed E-state index contributed by atoms with van der Waals surface area (Å²) in [6.45, 7) is 0.829.